The van der Waals surface area contributed by atoms with E-state index in [-0.39, 0.29) is 0 Å². The first-order chi connectivity index (χ1) is 12.4. The number of rotatable bonds is 8. The van der Waals surface area contributed by atoms with Gasteiger partial charge < -0.3 is 14.6 Å². The Labute approximate surface area is 153 Å². The molecular weight excluding hydrogens is 334 g/mol. The molecule has 1 aromatic rings. The molecule has 1 heterocycles. The Morgan fingerprint density at radius 2 is 2.04 bits per heavy atom. The van der Waals surface area contributed by atoms with Gasteiger partial charge in [0.25, 0.3) is 5.91 Å². The molecule has 26 heavy (non-hydrogen) atoms. The first-order valence-electron chi connectivity index (χ1n) is 9.03. The molecule has 7 nitrogen and oxygen atoms in total. The number of aryl methyl sites for hydroxylation is 1. The maximum atomic E-state index is 11.8. The Bertz CT molecular complexity index is 702. The van der Waals surface area contributed by atoms with Gasteiger partial charge in [0.05, 0.1) is 0 Å². The molecular formula is C19H27N3O4. The molecule has 142 valence electrons. The third kappa shape index (κ3) is 5.75. The van der Waals surface area contributed by atoms with Crippen LogP contribution in [-0.4, -0.2) is 35.6 Å². The van der Waals surface area contributed by atoms with Gasteiger partial charge in [0, 0.05) is 30.1 Å². The minimum absolute atomic E-state index is 0.495. The van der Waals surface area contributed by atoms with Crippen LogP contribution in [0.5, 0.6) is 0 Å². The van der Waals surface area contributed by atoms with E-state index in [9.17, 15) is 14.4 Å². The predicted octanol–water partition coefficient (Wildman–Crippen LogP) is 2.62. The summed E-state index contributed by atoms with van der Waals surface area (Å²) >= 11 is 0. The van der Waals surface area contributed by atoms with Gasteiger partial charge in [-0.15, -0.1) is 0 Å². The molecule has 2 N–H and O–H groups in total. The zero-order valence-corrected chi connectivity index (χ0v) is 15.6. The van der Waals surface area contributed by atoms with E-state index in [1.165, 1.54) is 24.6 Å². The van der Waals surface area contributed by atoms with E-state index in [0.29, 0.717) is 12.6 Å². The number of carbonyl (C=O) groups is 3. The van der Waals surface area contributed by atoms with Gasteiger partial charge in [0.15, 0.2) is 6.61 Å². The molecule has 0 unspecified atom stereocenters. The van der Waals surface area contributed by atoms with Crippen LogP contribution in [0.25, 0.3) is 6.08 Å². The molecule has 0 bridgehead atoms. The van der Waals surface area contributed by atoms with Crippen LogP contribution >= 0.6 is 0 Å². The lowest BCUT2D eigenvalue weighted by Gasteiger charge is -2.06. The molecule has 1 aliphatic rings. The first kappa shape index (κ1) is 19.8. The molecule has 2 rings (SSSR count). The van der Waals surface area contributed by atoms with Gasteiger partial charge in [-0.2, -0.15) is 0 Å². The van der Waals surface area contributed by atoms with E-state index < -0.39 is 24.5 Å². The van der Waals surface area contributed by atoms with Gasteiger partial charge in [0.1, 0.15) is 0 Å². The molecule has 0 aliphatic heterocycles. The van der Waals surface area contributed by atoms with Crippen LogP contribution in [0.15, 0.2) is 12.1 Å². The molecule has 1 saturated carbocycles. The van der Waals surface area contributed by atoms with E-state index in [1.807, 2.05) is 19.9 Å². The number of nitrogens with one attached hydrogen (secondary N) is 2. The van der Waals surface area contributed by atoms with E-state index in [2.05, 4.69) is 22.1 Å². The van der Waals surface area contributed by atoms with Crippen molar-refractivity contribution in [1.82, 2.24) is 15.2 Å². The van der Waals surface area contributed by atoms with Crippen molar-refractivity contribution in [2.24, 2.45) is 0 Å². The van der Waals surface area contributed by atoms with E-state index in [4.69, 9.17) is 4.74 Å². The van der Waals surface area contributed by atoms with Crippen molar-refractivity contribution in [3.05, 3.63) is 29.1 Å². The van der Waals surface area contributed by atoms with Crippen LogP contribution in [0.2, 0.25) is 0 Å². The molecule has 0 aromatic carbocycles. The summed E-state index contributed by atoms with van der Waals surface area (Å²) < 4.78 is 7.15. The van der Waals surface area contributed by atoms with Gasteiger partial charge in [-0.3, -0.25) is 10.1 Å². The average Bonchev–Trinajstić information content (AvgIpc) is 3.37. The summed E-state index contributed by atoms with van der Waals surface area (Å²) in [6, 6.07) is 2.03. The number of imide groups is 1. The van der Waals surface area contributed by atoms with Gasteiger partial charge in [-0.25, -0.2) is 9.59 Å². The Kier molecular flexibility index (Phi) is 7.00. The second-order valence-electron chi connectivity index (χ2n) is 6.53. The standard InChI is InChI=1S/C19H27N3O4/c1-4-5-10-20-19(25)21-17(23)12-26-18(24)9-6-15-11-13(2)22(14(15)3)16-7-8-16/h6,9,11,16H,4-5,7-8,10,12H2,1-3H3,(H2,20,21,23,25)/b9-6+. The molecule has 1 fully saturated rings. The Morgan fingerprint density at radius 1 is 1.31 bits per heavy atom. The number of aromatic nitrogens is 1. The average molecular weight is 361 g/mol. The third-order valence-electron chi connectivity index (χ3n) is 4.25. The minimum atomic E-state index is -0.660. The first-order valence-corrected chi connectivity index (χ1v) is 9.03. The maximum absolute atomic E-state index is 11.8. The van der Waals surface area contributed by atoms with Crippen LogP contribution in [0.4, 0.5) is 4.79 Å². The topological polar surface area (TPSA) is 89.4 Å². The van der Waals surface area contributed by atoms with Crippen LogP contribution in [0.1, 0.15) is 55.6 Å². The van der Waals surface area contributed by atoms with Gasteiger partial charge in [-0.05, 0) is 50.8 Å². The van der Waals surface area contributed by atoms with E-state index in [0.717, 1.165) is 24.1 Å². The minimum Gasteiger partial charge on any atom is -0.452 e. The quantitative estimate of drug-likeness (QED) is 0.423. The lowest BCUT2D eigenvalue weighted by Crippen LogP contribution is -2.41. The monoisotopic (exact) mass is 361 g/mol. The zero-order chi connectivity index (χ0) is 19.1. The Hall–Kier alpha value is -2.57. The highest BCUT2D eigenvalue weighted by Crippen LogP contribution is 2.38. The molecule has 0 spiro atoms. The number of ether oxygens (including phenoxy) is 1. The number of esters is 1. The van der Waals surface area contributed by atoms with Crippen molar-refractivity contribution < 1.29 is 19.1 Å². The fourth-order valence-electron chi connectivity index (χ4n) is 2.79. The number of urea groups is 1. The van der Waals surface area contributed by atoms with Gasteiger partial charge in [0.2, 0.25) is 0 Å². The number of unbranched alkanes of at least 4 members (excludes halogenated alkanes) is 1. The summed E-state index contributed by atoms with van der Waals surface area (Å²) in [5.74, 6) is -1.28. The largest absolute Gasteiger partial charge is 0.452 e. The fourth-order valence-corrected chi connectivity index (χ4v) is 2.79. The number of hydrogen-bond donors (Lipinski definition) is 2. The summed E-state index contributed by atoms with van der Waals surface area (Å²) in [5.41, 5.74) is 3.26. The predicted molar refractivity (Wildman–Crippen MR) is 98.6 cm³/mol. The second-order valence-corrected chi connectivity index (χ2v) is 6.53. The number of hydrogen-bond acceptors (Lipinski definition) is 4. The SMILES string of the molecule is CCCCNC(=O)NC(=O)COC(=O)/C=C/c1cc(C)n(C2CC2)c1C. The van der Waals surface area contributed by atoms with E-state index in [1.54, 1.807) is 6.08 Å². The Morgan fingerprint density at radius 3 is 2.69 bits per heavy atom. The summed E-state index contributed by atoms with van der Waals surface area (Å²) in [6.45, 7) is 6.09. The highest BCUT2D eigenvalue weighted by molar-refractivity contribution is 5.96. The van der Waals surface area contributed by atoms with Crippen LogP contribution in [-0.2, 0) is 14.3 Å². The van der Waals surface area contributed by atoms with Crippen LogP contribution < -0.4 is 10.6 Å². The molecule has 0 atom stereocenters. The lowest BCUT2D eigenvalue weighted by atomic mass is 10.2. The molecule has 1 aromatic heterocycles. The number of carbonyl (C=O) groups excluding carboxylic acids is 3. The van der Waals surface area contributed by atoms with E-state index >= 15 is 0 Å². The number of nitrogens with zero attached hydrogens (tertiary/aromatic N) is 1. The van der Waals surface area contributed by atoms with Crippen molar-refractivity contribution in [3.8, 4) is 0 Å². The smallest absolute Gasteiger partial charge is 0.331 e. The lowest BCUT2D eigenvalue weighted by molar-refractivity contribution is -0.143. The highest BCUT2D eigenvalue weighted by atomic mass is 16.5. The summed E-state index contributed by atoms with van der Waals surface area (Å²) in [4.78, 5) is 34.8. The molecule has 3 amide bonds. The van der Waals surface area contributed by atoms with Crippen molar-refractivity contribution in [3.63, 3.8) is 0 Å². The highest BCUT2D eigenvalue weighted by Gasteiger charge is 2.26. The fraction of sp³-hybridized carbons (Fsp3) is 0.526. The normalized spacial score (nSPS) is 13.7. The maximum Gasteiger partial charge on any atom is 0.331 e. The molecule has 0 radical (unpaired) electrons. The van der Waals surface area contributed by atoms with Gasteiger partial charge >= 0.3 is 12.0 Å². The summed E-state index contributed by atoms with van der Waals surface area (Å²) in [7, 11) is 0. The Balaban J connectivity index is 1.76. The van der Waals surface area contributed by atoms with Crippen LogP contribution in [0.3, 0.4) is 0 Å². The van der Waals surface area contributed by atoms with Gasteiger partial charge in [-0.1, -0.05) is 13.3 Å². The second kappa shape index (κ2) is 9.22. The van der Waals surface area contributed by atoms with Crippen molar-refractivity contribution in [1.29, 1.82) is 0 Å². The molecule has 7 heteroatoms. The number of amides is 3. The summed E-state index contributed by atoms with van der Waals surface area (Å²) in [6.07, 6.45) is 7.17. The summed E-state index contributed by atoms with van der Waals surface area (Å²) in [5, 5.41) is 4.66. The van der Waals surface area contributed by atoms with Crippen molar-refractivity contribution in [2.75, 3.05) is 13.2 Å². The van der Waals surface area contributed by atoms with Crippen LogP contribution in [0, 0.1) is 13.8 Å². The zero-order valence-electron chi connectivity index (χ0n) is 15.6. The van der Waals surface area contributed by atoms with Crippen molar-refractivity contribution in [2.45, 2.75) is 52.5 Å². The molecule has 1 aliphatic carbocycles. The third-order valence-corrected chi connectivity index (χ3v) is 4.25. The molecule has 0 saturated heterocycles. The van der Waals surface area contributed by atoms with Crippen molar-refractivity contribution >= 4 is 24.0 Å².